The minimum absolute atomic E-state index is 0.391. The number of hydrogen-bond acceptors (Lipinski definition) is 5. The van der Waals surface area contributed by atoms with Crippen LogP contribution in [0.2, 0.25) is 5.02 Å². The van der Waals surface area contributed by atoms with E-state index in [0.29, 0.717) is 27.0 Å². The van der Waals surface area contributed by atoms with Crippen molar-refractivity contribution in [2.24, 2.45) is 0 Å². The van der Waals surface area contributed by atoms with Gasteiger partial charge in [-0.05, 0) is 23.5 Å². The summed E-state index contributed by atoms with van der Waals surface area (Å²) in [5.41, 5.74) is 2.61. The average Bonchev–Trinajstić information content (AvgIpc) is 2.95. The van der Waals surface area contributed by atoms with Crippen LogP contribution in [0, 0.1) is 0 Å². The number of hydrogen-bond donors (Lipinski definition) is 0. The lowest BCUT2D eigenvalue weighted by Crippen LogP contribution is -1.93. The largest absolute Gasteiger partial charge is 0.410 e. The van der Waals surface area contributed by atoms with Gasteiger partial charge in [0.2, 0.25) is 0 Å². The Morgan fingerprint density at radius 2 is 1.74 bits per heavy atom. The highest BCUT2D eigenvalue weighted by atomic mass is 35.5. The second-order valence-corrected chi connectivity index (χ2v) is 6.22. The first kappa shape index (κ1) is 14.1. The molecule has 0 spiro atoms. The second-order valence-electron chi connectivity index (χ2n) is 4.86. The lowest BCUT2D eigenvalue weighted by Gasteiger charge is -2.05. The van der Waals surface area contributed by atoms with Crippen LogP contribution in [0.4, 0.5) is 0 Å². The Labute approximate surface area is 140 Å². The van der Waals surface area contributed by atoms with Gasteiger partial charge in [0.05, 0.1) is 0 Å². The minimum Gasteiger partial charge on any atom is -0.410 e. The van der Waals surface area contributed by atoms with E-state index in [1.807, 2.05) is 42.5 Å². The maximum absolute atomic E-state index is 11.6. The molecule has 4 nitrogen and oxygen atoms in total. The van der Waals surface area contributed by atoms with Crippen LogP contribution in [0.15, 0.2) is 63.8 Å². The maximum atomic E-state index is 11.6. The Balaban J connectivity index is 2.03. The van der Waals surface area contributed by atoms with E-state index in [4.69, 9.17) is 16.0 Å². The van der Waals surface area contributed by atoms with Gasteiger partial charge in [0, 0.05) is 16.1 Å². The van der Waals surface area contributed by atoms with Crippen LogP contribution in [0.25, 0.3) is 33.1 Å². The average molecular weight is 341 g/mol. The third-order valence-corrected chi connectivity index (χ3v) is 4.29. The molecule has 2 heterocycles. The number of fused-ring (bicyclic) bond motifs is 1. The van der Waals surface area contributed by atoms with E-state index in [2.05, 4.69) is 9.97 Å². The SMILES string of the molecule is O=c1oc2c(-c3cccc(Cl)c3)nc(-c3ccccc3)nc2s1. The Kier molecular flexibility index (Phi) is 3.44. The standard InChI is InChI=1S/C17H9ClN2O2S/c18-12-8-4-7-11(9-12)13-14-16(23-17(21)22-14)20-15(19-13)10-5-2-1-3-6-10/h1-9H. The third-order valence-electron chi connectivity index (χ3n) is 3.33. The molecule has 4 aromatic rings. The van der Waals surface area contributed by atoms with Gasteiger partial charge in [-0.2, -0.15) is 0 Å². The molecule has 0 amide bonds. The van der Waals surface area contributed by atoms with E-state index in [1.165, 1.54) is 0 Å². The van der Waals surface area contributed by atoms with Gasteiger partial charge >= 0.3 is 4.94 Å². The van der Waals surface area contributed by atoms with Crippen LogP contribution in [-0.4, -0.2) is 9.97 Å². The molecule has 0 saturated heterocycles. The number of rotatable bonds is 2. The number of benzene rings is 2. The van der Waals surface area contributed by atoms with Crippen molar-refractivity contribution in [1.82, 2.24) is 9.97 Å². The lowest BCUT2D eigenvalue weighted by molar-refractivity contribution is 0.584. The van der Waals surface area contributed by atoms with Gasteiger partial charge in [0.15, 0.2) is 16.2 Å². The van der Waals surface area contributed by atoms with E-state index in [9.17, 15) is 4.79 Å². The molecule has 0 radical (unpaired) electrons. The highest BCUT2D eigenvalue weighted by Crippen LogP contribution is 2.31. The molecule has 112 valence electrons. The van der Waals surface area contributed by atoms with Crippen LogP contribution in [0.1, 0.15) is 0 Å². The van der Waals surface area contributed by atoms with Crippen molar-refractivity contribution < 1.29 is 4.42 Å². The van der Waals surface area contributed by atoms with Crippen molar-refractivity contribution >= 4 is 33.4 Å². The number of aromatic nitrogens is 2. The smallest absolute Gasteiger partial charge is 0.397 e. The van der Waals surface area contributed by atoms with Crippen molar-refractivity contribution in [1.29, 1.82) is 0 Å². The Bertz CT molecular complexity index is 1060. The minimum atomic E-state index is -0.400. The summed E-state index contributed by atoms with van der Waals surface area (Å²) in [5, 5.41) is 0.591. The fraction of sp³-hybridized carbons (Fsp3) is 0. The molecule has 4 rings (SSSR count). The molecule has 2 aromatic carbocycles. The lowest BCUT2D eigenvalue weighted by atomic mass is 10.1. The van der Waals surface area contributed by atoms with Crippen molar-refractivity contribution in [3.63, 3.8) is 0 Å². The first-order valence-electron chi connectivity index (χ1n) is 6.84. The van der Waals surface area contributed by atoms with Gasteiger partial charge in [0.1, 0.15) is 5.69 Å². The van der Waals surface area contributed by atoms with E-state index in [0.717, 1.165) is 22.5 Å². The third kappa shape index (κ3) is 2.65. The topological polar surface area (TPSA) is 56.0 Å². The van der Waals surface area contributed by atoms with Crippen molar-refractivity contribution in [3.8, 4) is 22.6 Å². The molecule has 0 N–H and O–H groups in total. The molecule has 6 heteroatoms. The molecular weight excluding hydrogens is 332 g/mol. The molecule has 0 aliphatic carbocycles. The first-order chi connectivity index (χ1) is 11.2. The molecule has 2 aromatic heterocycles. The van der Waals surface area contributed by atoms with E-state index >= 15 is 0 Å². The molecule has 0 atom stereocenters. The van der Waals surface area contributed by atoms with Crippen LogP contribution < -0.4 is 4.94 Å². The van der Waals surface area contributed by atoms with Crippen molar-refractivity contribution in [3.05, 3.63) is 69.4 Å². The van der Waals surface area contributed by atoms with Crippen molar-refractivity contribution in [2.75, 3.05) is 0 Å². The maximum Gasteiger partial charge on any atom is 0.397 e. The van der Waals surface area contributed by atoms with Gasteiger partial charge in [-0.25, -0.2) is 14.8 Å². The van der Waals surface area contributed by atoms with Gasteiger partial charge in [-0.1, -0.05) is 54.1 Å². The molecule has 0 aliphatic rings. The van der Waals surface area contributed by atoms with Gasteiger partial charge < -0.3 is 4.42 Å². The van der Waals surface area contributed by atoms with E-state index < -0.39 is 4.94 Å². The molecule has 0 fully saturated rings. The highest BCUT2D eigenvalue weighted by Gasteiger charge is 2.16. The van der Waals surface area contributed by atoms with Crippen LogP contribution in [0.5, 0.6) is 0 Å². The monoisotopic (exact) mass is 340 g/mol. The van der Waals surface area contributed by atoms with Gasteiger partial charge in [-0.15, -0.1) is 0 Å². The Hall–Kier alpha value is -2.50. The number of nitrogens with zero attached hydrogens (tertiary/aromatic N) is 2. The summed E-state index contributed by atoms with van der Waals surface area (Å²) in [4.78, 5) is 20.8. The normalized spacial score (nSPS) is 11.0. The van der Waals surface area contributed by atoms with Gasteiger partial charge in [0.25, 0.3) is 0 Å². The summed E-state index contributed by atoms with van der Waals surface area (Å²) in [6.07, 6.45) is 0. The van der Waals surface area contributed by atoms with Gasteiger partial charge in [-0.3, -0.25) is 0 Å². The Morgan fingerprint density at radius 1 is 0.957 bits per heavy atom. The van der Waals surface area contributed by atoms with Crippen LogP contribution in [-0.2, 0) is 0 Å². The fourth-order valence-corrected chi connectivity index (χ4v) is 3.16. The van der Waals surface area contributed by atoms with E-state index in [1.54, 1.807) is 12.1 Å². The quantitative estimate of drug-likeness (QED) is 0.533. The molecule has 23 heavy (non-hydrogen) atoms. The molecular formula is C17H9ClN2O2S. The summed E-state index contributed by atoms with van der Waals surface area (Å²) < 4.78 is 5.28. The zero-order chi connectivity index (χ0) is 15.8. The molecule has 0 bridgehead atoms. The highest BCUT2D eigenvalue weighted by molar-refractivity contribution is 7.15. The fourth-order valence-electron chi connectivity index (χ4n) is 2.32. The molecule has 0 saturated carbocycles. The summed E-state index contributed by atoms with van der Waals surface area (Å²) in [5.74, 6) is 0.546. The predicted molar refractivity (Wildman–Crippen MR) is 91.8 cm³/mol. The Morgan fingerprint density at radius 3 is 2.52 bits per heavy atom. The van der Waals surface area contributed by atoms with Crippen LogP contribution >= 0.6 is 22.9 Å². The van der Waals surface area contributed by atoms with Crippen molar-refractivity contribution in [2.45, 2.75) is 0 Å². The summed E-state index contributed by atoms with van der Waals surface area (Å²) >= 11 is 7.04. The van der Waals surface area contributed by atoms with Crippen LogP contribution in [0.3, 0.4) is 0 Å². The first-order valence-corrected chi connectivity index (χ1v) is 8.03. The zero-order valence-corrected chi connectivity index (χ0v) is 13.3. The predicted octanol–water partition coefficient (Wildman–Crippen LogP) is 4.63. The molecule has 0 unspecified atom stereocenters. The second kappa shape index (κ2) is 5.61. The summed E-state index contributed by atoms with van der Waals surface area (Å²) in [6, 6.07) is 16.9. The molecule has 0 aliphatic heterocycles. The number of halogens is 1. The summed E-state index contributed by atoms with van der Waals surface area (Å²) in [6.45, 7) is 0. The zero-order valence-electron chi connectivity index (χ0n) is 11.7. The summed E-state index contributed by atoms with van der Waals surface area (Å²) in [7, 11) is 0. The van der Waals surface area contributed by atoms with E-state index in [-0.39, 0.29) is 0 Å².